The van der Waals surface area contributed by atoms with Crippen molar-refractivity contribution >= 4 is 5.97 Å². The van der Waals surface area contributed by atoms with Crippen molar-refractivity contribution in [2.75, 3.05) is 0 Å². The Labute approximate surface area is 273 Å². The number of rotatable bonds is 5. The summed E-state index contributed by atoms with van der Waals surface area (Å²) in [6, 6.07) is 0. The van der Waals surface area contributed by atoms with Crippen LogP contribution in [0, 0.1) is 5.92 Å². The zero-order chi connectivity index (χ0) is 34.6. The summed E-state index contributed by atoms with van der Waals surface area (Å²) in [7, 11) is 0. The molecule has 46 heavy (non-hydrogen) atoms. The number of cyclic esters (lactones) is 1. The van der Waals surface area contributed by atoms with Gasteiger partial charge in [-0.1, -0.05) is 80.9 Å². The molecule has 0 bridgehead atoms. The van der Waals surface area contributed by atoms with Gasteiger partial charge in [0.15, 0.2) is 0 Å². The number of hydrogen-bond acceptors (Lipinski definition) is 11. The lowest BCUT2D eigenvalue weighted by molar-refractivity contribution is -0.168. The Bertz CT molecular complexity index is 991. The highest BCUT2D eigenvalue weighted by molar-refractivity contribution is 5.74. The highest BCUT2D eigenvalue weighted by atomic mass is 16.6. The fourth-order valence-corrected chi connectivity index (χ4v) is 5.27. The zero-order valence-electron chi connectivity index (χ0n) is 27.5. The number of carbonyl (C=O) groups is 1. The van der Waals surface area contributed by atoms with Gasteiger partial charge in [-0.05, 0) is 51.5 Å². The molecule has 0 unspecified atom stereocenters. The van der Waals surface area contributed by atoms with E-state index >= 15 is 0 Å². The van der Waals surface area contributed by atoms with Gasteiger partial charge in [-0.3, -0.25) is 4.79 Å². The molecule has 1 aliphatic heterocycles. The van der Waals surface area contributed by atoms with Crippen LogP contribution in [0.1, 0.15) is 85.0 Å². The molecule has 0 aromatic rings. The number of ether oxygens (including phenoxy) is 1. The van der Waals surface area contributed by atoms with E-state index in [0.717, 1.165) is 12.8 Å². The lowest BCUT2D eigenvalue weighted by Gasteiger charge is -2.29. The summed E-state index contributed by atoms with van der Waals surface area (Å²) < 4.78 is 5.42. The van der Waals surface area contributed by atoms with Crippen LogP contribution in [0.2, 0.25) is 0 Å². The molecule has 1 aliphatic rings. The maximum Gasteiger partial charge on any atom is 0.314 e. The number of unbranched alkanes of at least 4 members (excludes halogenated alkanes) is 2. The first kappa shape index (κ1) is 41.8. The molecule has 0 saturated heterocycles. The average molecular weight is 655 g/mol. The predicted octanol–water partition coefficient (Wildman–Crippen LogP) is 1.89. The third-order valence-electron chi connectivity index (χ3n) is 8.03. The largest absolute Gasteiger partial charge is 0.459 e. The molecule has 11 heteroatoms. The summed E-state index contributed by atoms with van der Waals surface area (Å²) >= 11 is 0. The first-order chi connectivity index (χ1) is 21.7. The Morgan fingerprint density at radius 1 is 0.717 bits per heavy atom. The van der Waals surface area contributed by atoms with Crippen LogP contribution in [-0.2, 0) is 9.53 Å². The van der Waals surface area contributed by atoms with Crippen LogP contribution < -0.4 is 0 Å². The van der Waals surface area contributed by atoms with E-state index in [1.165, 1.54) is 13.0 Å². The van der Waals surface area contributed by atoms with Gasteiger partial charge in [-0.15, -0.1) is 0 Å². The summed E-state index contributed by atoms with van der Waals surface area (Å²) in [4.78, 5) is 13.1. The van der Waals surface area contributed by atoms with Crippen LogP contribution in [0.15, 0.2) is 60.3 Å². The standard InChI is InChI=1S/C35H58O11/c1-4-5-11-16-31(42)34-33(44)22-29(40)20-27(38)18-25(36)17-26(37)19-28(39)21-32(43)23(2)14-12-9-7-6-8-10-13-15-30(41)24(3)46-35(34)45/h6-10,12-15,24-34,36-44H,4-5,11,16-22H2,1-3H3/b7-6+,10-8+,12-9+,15-13+,23-14-/t24-,25+,26-,27+,28-,29+,30-,31+,32-,33+,34+/m1/s1. The highest BCUT2D eigenvalue weighted by Crippen LogP contribution is 2.24. The molecule has 0 radical (unpaired) electrons. The number of hydrogen-bond donors (Lipinski definition) is 9. The Morgan fingerprint density at radius 3 is 1.74 bits per heavy atom. The molecule has 0 amide bonds. The molecular formula is C35H58O11. The van der Waals surface area contributed by atoms with Gasteiger partial charge < -0.3 is 50.7 Å². The first-order valence-electron chi connectivity index (χ1n) is 16.4. The summed E-state index contributed by atoms with van der Waals surface area (Å²) in [5.74, 6) is -2.33. The number of carbonyl (C=O) groups excluding carboxylic acids is 1. The molecule has 0 spiro atoms. The molecule has 9 N–H and O–H groups in total. The third-order valence-corrected chi connectivity index (χ3v) is 8.03. The van der Waals surface area contributed by atoms with Crippen LogP contribution in [0.3, 0.4) is 0 Å². The minimum absolute atomic E-state index is 0.0162. The van der Waals surface area contributed by atoms with Gasteiger partial charge in [0.25, 0.3) is 0 Å². The highest BCUT2D eigenvalue weighted by Gasteiger charge is 2.37. The molecule has 0 saturated carbocycles. The summed E-state index contributed by atoms with van der Waals surface area (Å²) in [6.45, 7) is 5.18. The summed E-state index contributed by atoms with van der Waals surface area (Å²) in [5.41, 5.74) is 0.609. The van der Waals surface area contributed by atoms with Crippen LogP contribution in [0.5, 0.6) is 0 Å². The summed E-state index contributed by atoms with van der Waals surface area (Å²) in [5, 5.41) is 94.8. The fraction of sp³-hybridized carbons (Fsp3) is 0.686. The van der Waals surface area contributed by atoms with E-state index in [1.807, 2.05) is 6.92 Å². The molecule has 11 nitrogen and oxygen atoms in total. The van der Waals surface area contributed by atoms with E-state index < -0.39 is 72.9 Å². The predicted molar refractivity (Wildman–Crippen MR) is 175 cm³/mol. The first-order valence-corrected chi connectivity index (χ1v) is 16.4. The Morgan fingerprint density at radius 2 is 1.20 bits per heavy atom. The van der Waals surface area contributed by atoms with Crippen LogP contribution in [0.25, 0.3) is 0 Å². The topological polar surface area (TPSA) is 208 Å². The van der Waals surface area contributed by atoms with E-state index in [0.29, 0.717) is 12.0 Å². The maximum absolute atomic E-state index is 13.1. The lowest BCUT2D eigenvalue weighted by Crippen LogP contribution is -2.43. The maximum atomic E-state index is 13.1. The van der Waals surface area contributed by atoms with E-state index in [1.54, 1.807) is 55.5 Å². The van der Waals surface area contributed by atoms with Gasteiger partial charge in [0.1, 0.15) is 18.1 Å². The Hall–Kier alpha value is -2.19. The van der Waals surface area contributed by atoms with Crippen molar-refractivity contribution in [2.45, 2.75) is 146 Å². The van der Waals surface area contributed by atoms with Crippen molar-refractivity contribution in [3.63, 3.8) is 0 Å². The molecule has 0 aromatic carbocycles. The van der Waals surface area contributed by atoms with Gasteiger partial charge in [0.2, 0.25) is 0 Å². The second-order valence-electron chi connectivity index (χ2n) is 12.4. The van der Waals surface area contributed by atoms with Crippen molar-refractivity contribution < 1.29 is 55.5 Å². The van der Waals surface area contributed by atoms with Crippen LogP contribution >= 0.6 is 0 Å². The van der Waals surface area contributed by atoms with Crippen LogP contribution in [0.4, 0.5) is 0 Å². The molecule has 0 aromatic heterocycles. The van der Waals surface area contributed by atoms with Gasteiger partial charge in [0.05, 0.1) is 48.8 Å². The van der Waals surface area contributed by atoms with Gasteiger partial charge >= 0.3 is 5.97 Å². The minimum atomic E-state index is -1.52. The van der Waals surface area contributed by atoms with E-state index in [-0.39, 0.29) is 44.9 Å². The molecule has 1 heterocycles. The van der Waals surface area contributed by atoms with Crippen LogP contribution in [-0.4, -0.2) is 113 Å². The molecule has 264 valence electrons. The molecular weight excluding hydrogens is 596 g/mol. The van der Waals surface area contributed by atoms with Crippen molar-refractivity contribution in [3.8, 4) is 0 Å². The Balaban J connectivity index is 3.14. The second kappa shape index (κ2) is 23.2. The van der Waals surface area contributed by atoms with Gasteiger partial charge in [-0.25, -0.2) is 0 Å². The second-order valence-corrected chi connectivity index (χ2v) is 12.4. The molecule has 1 rings (SSSR count). The SMILES string of the molecule is CCCCC[C@H](O)[C@@H]1C(=O)O[C@H](C)[C@H](O)/C=C/C=C/C=C/C=C/C=C(/C)[C@H](O)C[C@H](O)C[C@H](O)C[C@H](O)C[C@H](O)C[C@H](O)C[C@@H]1O. The Kier molecular flexibility index (Phi) is 21.1. The van der Waals surface area contributed by atoms with E-state index in [4.69, 9.17) is 4.74 Å². The van der Waals surface area contributed by atoms with Crippen molar-refractivity contribution in [3.05, 3.63) is 60.3 Å². The van der Waals surface area contributed by atoms with E-state index in [9.17, 15) is 50.8 Å². The van der Waals surface area contributed by atoms with E-state index in [2.05, 4.69) is 0 Å². The number of allylic oxidation sites excluding steroid dienone is 8. The normalized spacial score (nSPS) is 38.6. The van der Waals surface area contributed by atoms with Gasteiger partial charge in [0, 0.05) is 12.8 Å². The zero-order valence-corrected chi connectivity index (χ0v) is 27.5. The average Bonchev–Trinajstić information content (AvgIpc) is 2.94. The summed E-state index contributed by atoms with van der Waals surface area (Å²) in [6.07, 6.45) is 4.69. The lowest BCUT2D eigenvalue weighted by atomic mass is 9.87. The van der Waals surface area contributed by atoms with Crippen molar-refractivity contribution in [1.29, 1.82) is 0 Å². The monoisotopic (exact) mass is 654 g/mol. The number of aliphatic hydroxyl groups excluding tert-OH is 9. The molecule has 11 atom stereocenters. The smallest absolute Gasteiger partial charge is 0.314 e. The van der Waals surface area contributed by atoms with Crippen molar-refractivity contribution in [2.24, 2.45) is 5.92 Å². The quantitative estimate of drug-likeness (QED) is 0.154. The third kappa shape index (κ3) is 17.7. The fourth-order valence-electron chi connectivity index (χ4n) is 5.27. The molecule has 0 fully saturated rings. The van der Waals surface area contributed by atoms with Gasteiger partial charge in [-0.2, -0.15) is 0 Å². The minimum Gasteiger partial charge on any atom is -0.459 e. The molecule has 0 aliphatic carbocycles. The number of esters is 1. The number of aliphatic hydroxyl groups is 9. The van der Waals surface area contributed by atoms with Crippen molar-refractivity contribution in [1.82, 2.24) is 0 Å².